The van der Waals surface area contributed by atoms with Crippen molar-refractivity contribution in [1.29, 1.82) is 0 Å². The van der Waals surface area contributed by atoms with E-state index in [9.17, 15) is 14.7 Å². The topological polar surface area (TPSA) is 66.8 Å². The molecule has 6 heteroatoms. The van der Waals surface area contributed by atoms with Crippen LogP contribution in [0.2, 0.25) is 0 Å². The van der Waals surface area contributed by atoms with Gasteiger partial charge in [-0.05, 0) is 48.2 Å². The number of amides is 1. The molecular formula is C25H22BrNO4. The fourth-order valence-electron chi connectivity index (χ4n) is 4.21. The number of benzene rings is 3. The Morgan fingerprint density at radius 3 is 2.32 bits per heavy atom. The quantitative estimate of drug-likeness (QED) is 0.520. The van der Waals surface area contributed by atoms with E-state index in [4.69, 9.17) is 4.74 Å². The van der Waals surface area contributed by atoms with E-state index in [2.05, 4.69) is 15.9 Å². The van der Waals surface area contributed by atoms with Gasteiger partial charge in [-0.15, -0.1) is 0 Å². The highest BCUT2D eigenvalue weighted by atomic mass is 79.9. The lowest BCUT2D eigenvalue weighted by molar-refractivity contribution is -0.141. The van der Waals surface area contributed by atoms with Crippen LogP contribution in [0.4, 0.5) is 0 Å². The highest BCUT2D eigenvalue weighted by Gasteiger charge is 2.42. The van der Waals surface area contributed by atoms with E-state index >= 15 is 0 Å². The van der Waals surface area contributed by atoms with Crippen LogP contribution in [-0.4, -0.2) is 35.0 Å². The van der Waals surface area contributed by atoms with Crippen LogP contribution in [0.5, 0.6) is 5.75 Å². The van der Waals surface area contributed by atoms with Crippen molar-refractivity contribution in [2.24, 2.45) is 0 Å². The number of carboxylic acid groups (broad SMARTS) is 1. The minimum absolute atomic E-state index is 0.280. The van der Waals surface area contributed by atoms with Crippen molar-refractivity contribution in [2.75, 3.05) is 7.11 Å². The third-order valence-electron chi connectivity index (χ3n) is 5.72. The molecule has 3 aromatic rings. The number of para-hydroxylation sites is 1. The summed E-state index contributed by atoms with van der Waals surface area (Å²) >= 11 is 3.55. The summed E-state index contributed by atoms with van der Waals surface area (Å²) in [6, 6.07) is 21.4. The Morgan fingerprint density at radius 2 is 1.65 bits per heavy atom. The van der Waals surface area contributed by atoms with Crippen molar-refractivity contribution >= 4 is 27.8 Å². The number of nitrogens with zero attached hydrogens (tertiary/aromatic N) is 1. The fraction of sp³-hybridized carbons (Fsp3) is 0.200. The normalized spacial score (nSPS) is 18.1. The summed E-state index contributed by atoms with van der Waals surface area (Å²) in [7, 11) is 1.62. The second-order valence-corrected chi connectivity index (χ2v) is 8.31. The van der Waals surface area contributed by atoms with Gasteiger partial charge in [-0.3, -0.25) is 4.79 Å². The van der Waals surface area contributed by atoms with Crippen LogP contribution in [0, 0.1) is 0 Å². The molecule has 2 atom stereocenters. The second-order valence-electron chi connectivity index (χ2n) is 7.46. The van der Waals surface area contributed by atoms with Gasteiger partial charge in [0, 0.05) is 15.6 Å². The lowest BCUT2D eigenvalue weighted by Gasteiger charge is -2.29. The molecule has 1 saturated heterocycles. The molecule has 5 nitrogen and oxygen atoms in total. The summed E-state index contributed by atoms with van der Waals surface area (Å²) in [5, 5.41) is 9.74. The molecule has 0 aliphatic carbocycles. The number of halogens is 1. The van der Waals surface area contributed by atoms with Gasteiger partial charge in [0.05, 0.1) is 13.2 Å². The lowest BCUT2D eigenvalue weighted by Crippen LogP contribution is -2.41. The van der Waals surface area contributed by atoms with Crippen LogP contribution in [0.25, 0.3) is 11.1 Å². The Kier molecular flexibility index (Phi) is 6.09. The van der Waals surface area contributed by atoms with E-state index in [0.29, 0.717) is 18.4 Å². The summed E-state index contributed by atoms with van der Waals surface area (Å²) in [5.41, 5.74) is 3.24. The molecular weight excluding hydrogens is 458 g/mol. The van der Waals surface area contributed by atoms with Gasteiger partial charge >= 0.3 is 5.97 Å². The lowest BCUT2D eigenvalue weighted by atomic mass is 10.0. The van der Waals surface area contributed by atoms with Crippen LogP contribution in [0.15, 0.2) is 77.3 Å². The van der Waals surface area contributed by atoms with E-state index in [0.717, 1.165) is 26.9 Å². The van der Waals surface area contributed by atoms with Gasteiger partial charge in [0.15, 0.2) is 0 Å². The van der Waals surface area contributed by atoms with E-state index < -0.39 is 12.0 Å². The molecule has 0 aromatic heterocycles. The maximum atomic E-state index is 13.5. The summed E-state index contributed by atoms with van der Waals surface area (Å²) in [6.45, 7) is 0. The van der Waals surface area contributed by atoms with Crippen LogP contribution in [-0.2, 0) is 4.79 Å². The van der Waals surface area contributed by atoms with Gasteiger partial charge in [-0.1, -0.05) is 64.5 Å². The predicted octanol–water partition coefficient (Wildman–Crippen LogP) is 5.56. The average molecular weight is 480 g/mol. The number of ether oxygens (including phenoxy) is 1. The first-order valence-corrected chi connectivity index (χ1v) is 10.8. The smallest absolute Gasteiger partial charge is 0.326 e. The van der Waals surface area contributed by atoms with Gasteiger partial charge in [0.1, 0.15) is 11.8 Å². The van der Waals surface area contributed by atoms with Crippen molar-refractivity contribution < 1.29 is 19.4 Å². The SMILES string of the molecule is COc1ccccc1-c1ccc(C(=O)N2[C@@H](c3ccccc3Br)CC[C@H]2C(=O)O)cc1. The van der Waals surface area contributed by atoms with E-state index in [-0.39, 0.29) is 11.9 Å². The molecule has 0 spiro atoms. The Morgan fingerprint density at radius 1 is 0.968 bits per heavy atom. The van der Waals surface area contributed by atoms with Crippen LogP contribution in [0.3, 0.4) is 0 Å². The molecule has 158 valence electrons. The van der Waals surface area contributed by atoms with Crippen molar-refractivity contribution in [3.8, 4) is 16.9 Å². The fourth-order valence-corrected chi connectivity index (χ4v) is 4.76. The Balaban J connectivity index is 1.67. The molecule has 1 amide bonds. The molecule has 4 rings (SSSR count). The Hall–Kier alpha value is -3.12. The standard InChI is InChI=1S/C25H22BrNO4/c1-31-23-9-5-3-6-18(23)16-10-12-17(13-11-16)24(28)27-21(14-15-22(27)25(29)30)19-7-2-4-8-20(19)26/h2-13,21-22H,14-15H2,1H3,(H,29,30)/t21-,22+/m1/s1. The maximum absolute atomic E-state index is 13.5. The molecule has 3 aromatic carbocycles. The summed E-state index contributed by atoms with van der Waals surface area (Å²) in [4.78, 5) is 26.9. The molecule has 1 fully saturated rings. The molecule has 1 aliphatic heterocycles. The van der Waals surface area contributed by atoms with Crippen molar-refractivity contribution in [2.45, 2.75) is 24.9 Å². The van der Waals surface area contributed by atoms with Gasteiger partial charge < -0.3 is 14.7 Å². The number of likely N-dealkylation sites (tertiary alicyclic amines) is 1. The molecule has 0 bridgehead atoms. The molecule has 1 aliphatic rings. The average Bonchev–Trinajstić information content (AvgIpc) is 3.24. The maximum Gasteiger partial charge on any atom is 0.326 e. The van der Waals surface area contributed by atoms with Crippen LogP contribution < -0.4 is 4.74 Å². The third kappa shape index (κ3) is 4.08. The van der Waals surface area contributed by atoms with Gasteiger partial charge in [0.25, 0.3) is 5.91 Å². The Bertz CT molecular complexity index is 1110. The molecule has 0 unspecified atom stereocenters. The number of carbonyl (C=O) groups is 2. The minimum Gasteiger partial charge on any atom is -0.496 e. The number of carbonyl (C=O) groups excluding carboxylic acids is 1. The first-order valence-electron chi connectivity index (χ1n) is 10.0. The molecule has 1 N–H and O–H groups in total. The molecule has 1 heterocycles. The number of rotatable bonds is 5. The zero-order valence-corrected chi connectivity index (χ0v) is 18.6. The minimum atomic E-state index is -0.978. The van der Waals surface area contributed by atoms with Gasteiger partial charge in [0.2, 0.25) is 0 Å². The largest absolute Gasteiger partial charge is 0.496 e. The van der Waals surface area contributed by atoms with Gasteiger partial charge in [-0.25, -0.2) is 4.79 Å². The Labute approximate surface area is 189 Å². The molecule has 31 heavy (non-hydrogen) atoms. The monoisotopic (exact) mass is 479 g/mol. The summed E-state index contributed by atoms with van der Waals surface area (Å²) < 4.78 is 6.30. The number of hydrogen-bond donors (Lipinski definition) is 1. The van der Waals surface area contributed by atoms with Crippen molar-refractivity contribution in [3.63, 3.8) is 0 Å². The molecule has 0 saturated carbocycles. The zero-order valence-electron chi connectivity index (χ0n) is 17.0. The highest BCUT2D eigenvalue weighted by molar-refractivity contribution is 9.10. The molecule has 0 radical (unpaired) electrons. The summed E-state index contributed by atoms with van der Waals surface area (Å²) in [5.74, 6) is -0.508. The van der Waals surface area contributed by atoms with E-state index in [1.807, 2.05) is 60.7 Å². The van der Waals surface area contributed by atoms with Crippen molar-refractivity contribution in [1.82, 2.24) is 4.90 Å². The second kappa shape index (κ2) is 8.94. The zero-order chi connectivity index (χ0) is 22.0. The number of hydrogen-bond acceptors (Lipinski definition) is 3. The number of carboxylic acids is 1. The first kappa shape index (κ1) is 21.1. The van der Waals surface area contributed by atoms with Crippen molar-refractivity contribution in [3.05, 3.63) is 88.4 Å². The van der Waals surface area contributed by atoms with Gasteiger partial charge in [-0.2, -0.15) is 0 Å². The summed E-state index contributed by atoms with van der Waals surface area (Å²) in [6.07, 6.45) is 1.02. The van der Waals surface area contributed by atoms with Crippen LogP contribution in [0.1, 0.15) is 34.8 Å². The number of methoxy groups -OCH3 is 1. The first-order chi connectivity index (χ1) is 15.0. The number of aliphatic carboxylic acids is 1. The highest BCUT2D eigenvalue weighted by Crippen LogP contribution is 2.40. The van der Waals surface area contributed by atoms with Crippen LogP contribution >= 0.6 is 15.9 Å². The van der Waals surface area contributed by atoms with E-state index in [1.54, 1.807) is 19.2 Å². The third-order valence-corrected chi connectivity index (χ3v) is 6.44. The van der Waals surface area contributed by atoms with E-state index in [1.165, 1.54) is 4.90 Å². The predicted molar refractivity (Wildman–Crippen MR) is 122 cm³/mol.